The number of carboxylic acid groups (broad SMARTS) is 2. The zero-order chi connectivity index (χ0) is 21.7. The van der Waals surface area contributed by atoms with Crippen LogP contribution in [0.15, 0.2) is 44.4 Å². The molecule has 0 fully saturated rings. The van der Waals surface area contributed by atoms with Gasteiger partial charge in [-0.2, -0.15) is 0 Å². The maximum atomic E-state index is 11.5. The molecule has 29 heavy (non-hydrogen) atoms. The van der Waals surface area contributed by atoms with E-state index in [2.05, 4.69) is 41.9 Å². The van der Waals surface area contributed by atoms with Crippen molar-refractivity contribution in [2.45, 2.75) is 19.8 Å². The Balaban J connectivity index is 2.37. The molecule has 0 saturated heterocycles. The molecule has 0 aliphatic heterocycles. The van der Waals surface area contributed by atoms with E-state index in [1.165, 1.54) is 18.2 Å². The quantitative estimate of drug-likeness (QED) is 0.333. The van der Waals surface area contributed by atoms with E-state index in [9.17, 15) is 19.8 Å². The fraction of sp³-hybridized carbons (Fsp3) is 0.211. The van der Waals surface area contributed by atoms with Crippen LogP contribution in [0.25, 0.3) is 0 Å². The van der Waals surface area contributed by atoms with Gasteiger partial charge in [0.2, 0.25) is 6.61 Å². The Hall–Kier alpha value is -2.59. The van der Waals surface area contributed by atoms with Crippen LogP contribution in [-0.4, -0.2) is 39.6 Å². The van der Waals surface area contributed by atoms with Crippen molar-refractivity contribution in [2.24, 2.45) is 5.16 Å². The first-order chi connectivity index (χ1) is 13.6. The standard InChI is InChI=1S/C19H17Br2NO7/c1-9(2)12-7-11(3-4-15(12)23)29-18-13(20)5-10(6-14(18)21)17(19(26)27)22-28-8-16(24)25/h3-7,9,23H,8H2,1-2H3,(H,24,25)(H,26,27)/b22-17+. The smallest absolute Gasteiger partial charge is 0.358 e. The summed E-state index contributed by atoms with van der Waals surface area (Å²) in [5.74, 6) is -1.54. The van der Waals surface area contributed by atoms with Crippen molar-refractivity contribution in [2.75, 3.05) is 6.61 Å². The lowest BCUT2D eigenvalue weighted by molar-refractivity contribution is -0.142. The van der Waals surface area contributed by atoms with E-state index in [1.807, 2.05) is 13.8 Å². The molecule has 0 atom stereocenters. The molecule has 0 aliphatic carbocycles. The van der Waals surface area contributed by atoms with Crippen LogP contribution in [0.4, 0.5) is 0 Å². The number of hydrogen-bond acceptors (Lipinski definition) is 6. The predicted molar refractivity (Wildman–Crippen MR) is 112 cm³/mol. The summed E-state index contributed by atoms with van der Waals surface area (Å²) in [4.78, 5) is 26.5. The number of benzene rings is 2. The number of ether oxygens (including phenoxy) is 1. The minimum atomic E-state index is -1.39. The van der Waals surface area contributed by atoms with Crippen LogP contribution in [0.3, 0.4) is 0 Å². The molecule has 3 N–H and O–H groups in total. The molecule has 2 aromatic carbocycles. The van der Waals surface area contributed by atoms with Gasteiger partial charge in [0.05, 0.1) is 8.95 Å². The fourth-order valence-corrected chi connectivity index (χ4v) is 3.69. The van der Waals surface area contributed by atoms with Gasteiger partial charge in [0.1, 0.15) is 11.5 Å². The van der Waals surface area contributed by atoms with Crippen molar-refractivity contribution in [3.05, 3.63) is 50.4 Å². The highest BCUT2D eigenvalue weighted by molar-refractivity contribution is 9.11. The maximum absolute atomic E-state index is 11.5. The second-order valence-corrected chi connectivity index (χ2v) is 7.87. The lowest BCUT2D eigenvalue weighted by atomic mass is 10.0. The lowest BCUT2D eigenvalue weighted by Crippen LogP contribution is -2.16. The molecular formula is C19H17Br2NO7. The molecule has 2 rings (SSSR count). The van der Waals surface area contributed by atoms with Gasteiger partial charge in [0, 0.05) is 11.1 Å². The highest BCUT2D eigenvalue weighted by Gasteiger charge is 2.19. The Bertz CT molecular complexity index is 950. The number of aromatic hydroxyl groups is 1. The summed E-state index contributed by atoms with van der Waals surface area (Å²) < 4.78 is 6.74. The second kappa shape index (κ2) is 9.75. The monoisotopic (exact) mass is 529 g/mol. The molecule has 0 aliphatic rings. The number of carboxylic acids is 2. The van der Waals surface area contributed by atoms with Crippen molar-refractivity contribution < 1.29 is 34.5 Å². The normalized spacial score (nSPS) is 11.4. The van der Waals surface area contributed by atoms with Crippen LogP contribution < -0.4 is 4.74 Å². The van der Waals surface area contributed by atoms with Gasteiger partial charge >= 0.3 is 11.9 Å². The van der Waals surface area contributed by atoms with E-state index in [4.69, 9.17) is 9.84 Å². The maximum Gasteiger partial charge on any atom is 0.358 e. The SMILES string of the molecule is CC(C)c1cc(Oc2c(Br)cc(/C(=N\OCC(=O)O)C(=O)O)cc2Br)ccc1O. The van der Waals surface area contributed by atoms with Gasteiger partial charge in [-0.3, -0.25) is 0 Å². The first-order valence-corrected chi connectivity index (χ1v) is 9.84. The van der Waals surface area contributed by atoms with Gasteiger partial charge in [-0.15, -0.1) is 0 Å². The van der Waals surface area contributed by atoms with Crippen LogP contribution in [0.5, 0.6) is 17.2 Å². The average Bonchev–Trinajstić information content (AvgIpc) is 2.62. The van der Waals surface area contributed by atoms with Gasteiger partial charge in [-0.1, -0.05) is 19.0 Å². The van der Waals surface area contributed by atoms with Crippen molar-refractivity contribution >= 4 is 49.5 Å². The Labute approximate surface area is 183 Å². The number of phenols is 1. The molecule has 0 aromatic heterocycles. The van der Waals surface area contributed by atoms with Crippen LogP contribution in [0.1, 0.15) is 30.9 Å². The molecule has 8 nitrogen and oxygen atoms in total. The molecule has 0 saturated carbocycles. The van der Waals surface area contributed by atoms with Gasteiger partial charge in [-0.25, -0.2) is 9.59 Å². The molecule has 0 spiro atoms. The molecule has 0 unspecified atom stereocenters. The Morgan fingerprint density at radius 2 is 1.72 bits per heavy atom. The molecule has 10 heteroatoms. The van der Waals surface area contributed by atoms with Crippen LogP contribution in [0.2, 0.25) is 0 Å². The minimum Gasteiger partial charge on any atom is -0.508 e. The molecule has 0 bridgehead atoms. The largest absolute Gasteiger partial charge is 0.508 e. The van der Waals surface area contributed by atoms with Gasteiger partial charge in [0.25, 0.3) is 0 Å². The second-order valence-electron chi connectivity index (χ2n) is 6.16. The summed E-state index contributed by atoms with van der Waals surface area (Å²) in [6, 6.07) is 7.78. The Morgan fingerprint density at radius 1 is 1.10 bits per heavy atom. The first-order valence-electron chi connectivity index (χ1n) is 8.25. The summed E-state index contributed by atoms with van der Waals surface area (Å²) >= 11 is 6.68. The van der Waals surface area contributed by atoms with Crippen molar-refractivity contribution in [3.63, 3.8) is 0 Å². The summed E-state index contributed by atoms with van der Waals surface area (Å²) in [6.45, 7) is 3.12. The summed E-state index contributed by atoms with van der Waals surface area (Å²) in [5, 5.41) is 31.3. The number of carbonyl (C=O) groups is 2. The number of oxime groups is 1. The third-order valence-electron chi connectivity index (χ3n) is 3.66. The first kappa shape index (κ1) is 22.7. The van der Waals surface area contributed by atoms with Gasteiger partial charge < -0.3 is 24.9 Å². The summed E-state index contributed by atoms with van der Waals surface area (Å²) in [5.41, 5.74) is 0.427. The van der Waals surface area contributed by atoms with Crippen molar-refractivity contribution in [3.8, 4) is 17.2 Å². The third kappa shape index (κ3) is 5.94. The van der Waals surface area contributed by atoms with Crippen molar-refractivity contribution in [1.82, 2.24) is 0 Å². The Morgan fingerprint density at radius 3 is 2.24 bits per heavy atom. The molecule has 2 aromatic rings. The third-order valence-corrected chi connectivity index (χ3v) is 4.84. The molecular weight excluding hydrogens is 514 g/mol. The van der Waals surface area contributed by atoms with E-state index < -0.39 is 24.3 Å². The molecule has 0 heterocycles. The van der Waals surface area contributed by atoms with E-state index in [1.54, 1.807) is 12.1 Å². The zero-order valence-electron chi connectivity index (χ0n) is 15.3. The number of nitrogens with zero attached hydrogens (tertiary/aromatic N) is 1. The van der Waals surface area contributed by atoms with E-state index in [0.717, 1.165) is 5.56 Å². The van der Waals surface area contributed by atoms with Gasteiger partial charge in [0.15, 0.2) is 11.5 Å². The lowest BCUT2D eigenvalue weighted by Gasteiger charge is -2.14. The summed E-state index contributed by atoms with van der Waals surface area (Å²) in [6.07, 6.45) is 0. The number of hydrogen-bond donors (Lipinski definition) is 3. The number of halogens is 2. The molecule has 154 valence electrons. The van der Waals surface area contributed by atoms with Crippen LogP contribution in [0, 0.1) is 0 Å². The highest BCUT2D eigenvalue weighted by Crippen LogP contribution is 2.39. The van der Waals surface area contributed by atoms with E-state index >= 15 is 0 Å². The van der Waals surface area contributed by atoms with Crippen molar-refractivity contribution in [1.29, 1.82) is 0 Å². The Kier molecular flexibility index (Phi) is 7.63. The zero-order valence-corrected chi connectivity index (χ0v) is 18.5. The van der Waals surface area contributed by atoms with Crippen LogP contribution in [-0.2, 0) is 14.4 Å². The number of phenolic OH excluding ortho intramolecular Hbond substituents is 1. The summed E-state index contributed by atoms with van der Waals surface area (Å²) in [7, 11) is 0. The van der Waals surface area contributed by atoms with Gasteiger partial charge in [-0.05, 0) is 68.1 Å². The van der Waals surface area contributed by atoms with Crippen LogP contribution >= 0.6 is 31.9 Å². The van der Waals surface area contributed by atoms with E-state index in [0.29, 0.717) is 20.4 Å². The topological polar surface area (TPSA) is 126 Å². The number of aliphatic carboxylic acids is 2. The molecule has 0 radical (unpaired) electrons. The predicted octanol–water partition coefficient (Wildman–Crippen LogP) is 4.72. The fourth-order valence-electron chi connectivity index (χ4n) is 2.34. The molecule has 0 amide bonds. The minimum absolute atomic E-state index is 0.0907. The highest BCUT2D eigenvalue weighted by atomic mass is 79.9. The number of rotatable bonds is 8. The average molecular weight is 531 g/mol. The van der Waals surface area contributed by atoms with E-state index in [-0.39, 0.29) is 17.2 Å².